The van der Waals surface area contributed by atoms with Gasteiger partial charge in [0.2, 0.25) is 5.91 Å². The second kappa shape index (κ2) is 8.47. The number of amidine groups is 1. The van der Waals surface area contributed by atoms with Crippen molar-refractivity contribution in [3.05, 3.63) is 54.6 Å². The molecule has 2 heterocycles. The Bertz CT molecular complexity index is 1050. The Labute approximate surface area is 177 Å². The van der Waals surface area contributed by atoms with Gasteiger partial charge in [0.25, 0.3) is 10.0 Å². The van der Waals surface area contributed by atoms with Gasteiger partial charge in [-0.2, -0.15) is 8.42 Å². The summed E-state index contributed by atoms with van der Waals surface area (Å²) in [7, 11) is -3.69. The minimum absolute atomic E-state index is 0.0173. The van der Waals surface area contributed by atoms with Crippen molar-refractivity contribution >= 4 is 33.1 Å². The molecule has 2 aliphatic rings. The molecule has 0 unspecified atom stereocenters. The normalized spacial score (nSPS) is 18.8. The van der Waals surface area contributed by atoms with Crippen LogP contribution in [0.1, 0.15) is 19.8 Å². The highest BCUT2D eigenvalue weighted by Gasteiger charge is 2.27. The second-order valence-electron chi connectivity index (χ2n) is 7.85. The highest BCUT2D eigenvalue weighted by atomic mass is 32.2. The first-order valence-electron chi connectivity index (χ1n) is 10.2. The lowest BCUT2D eigenvalue weighted by Gasteiger charge is -2.36. The maximum absolute atomic E-state index is 12.7. The van der Waals surface area contributed by atoms with Crippen LogP contribution in [0.5, 0.6) is 0 Å². The zero-order chi connectivity index (χ0) is 21.1. The van der Waals surface area contributed by atoms with Crippen molar-refractivity contribution in [1.82, 2.24) is 4.90 Å². The molecule has 2 aliphatic heterocycles. The standard InChI is InChI=1S/C22H26N4O3S/c1-17(15-21-23-19-9-5-6-10-20(19)30(28,29)24-21)16-22(27)26-13-11-25(12-14-26)18-7-3-2-4-8-18/h2-10,17H,11-16H2,1H3,(H,23,24)/t17-/m0/s1. The molecule has 2 aromatic rings. The summed E-state index contributed by atoms with van der Waals surface area (Å²) in [5.74, 6) is 0.481. The van der Waals surface area contributed by atoms with E-state index >= 15 is 0 Å². The zero-order valence-electron chi connectivity index (χ0n) is 17.0. The SMILES string of the molecule is C[C@H](CC(=O)N1CCN(c2ccccc2)CC1)CC1=NS(=O)(=O)c2ccccc2N1. The molecular weight excluding hydrogens is 400 g/mol. The predicted molar refractivity (Wildman–Crippen MR) is 118 cm³/mol. The van der Waals surface area contributed by atoms with Crippen LogP contribution < -0.4 is 10.2 Å². The molecular formula is C22H26N4O3S. The quantitative estimate of drug-likeness (QED) is 0.795. The maximum Gasteiger partial charge on any atom is 0.286 e. The van der Waals surface area contributed by atoms with Crippen molar-refractivity contribution in [3.8, 4) is 0 Å². The molecule has 0 aromatic heterocycles. The number of nitrogens with one attached hydrogen (secondary N) is 1. The van der Waals surface area contributed by atoms with Crippen LogP contribution in [0.15, 0.2) is 63.9 Å². The third kappa shape index (κ3) is 4.48. The van der Waals surface area contributed by atoms with Gasteiger partial charge in [-0.1, -0.05) is 37.3 Å². The Morgan fingerprint density at radius 2 is 1.70 bits per heavy atom. The zero-order valence-corrected chi connectivity index (χ0v) is 17.8. The van der Waals surface area contributed by atoms with E-state index in [0.29, 0.717) is 37.5 Å². The summed E-state index contributed by atoms with van der Waals surface area (Å²) >= 11 is 0. The number of benzene rings is 2. The van der Waals surface area contributed by atoms with E-state index in [4.69, 9.17) is 0 Å². The van der Waals surface area contributed by atoms with E-state index in [0.717, 1.165) is 13.1 Å². The molecule has 0 bridgehead atoms. The first-order valence-corrected chi connectivity index (χ1v) is 11.6. The van der Waals surface area contributed by atoms with E-state index in [1.54, 1.807) is 24.3 Å². The van der Waals surface area contributed by atoms with Crippen LogP contribution in [0.4, 0.5) is 11.4 Å². The number of carbonyl (C=O) groups is 1. The van der Waals surface area contributed by atoms with Crippen LogP contribution in [0.2, 0.25) is 0 Å². The van der Waals surface area contributed by atoms with Crippen LogP contribution in [-0.2, 0) is 14.8 Å². The minimum Gasteiger partial charge on any atom is -0.368 e. The topological polar surface area (TPSA) is 82.1 Å². The molecule has 1 fully saturated rings. The highest BCUT2D eigenvalue weighted by molar-refractivity contribution is 7.90. The number of piperazine rings is 1. The van der Waals surface area contributed by atoms with Gasteiger partial charge < -0.3 is 15.1 Å². The van der Waals surface area contributed by atoms with E-state index in [9.17, 15) is 13.2 Å². The molecule has 1 N–H and O–H groups in total. The number of carbonyl (C=O) groups excluding carboxylic acids is 1. The number of rotatable bonds is 5. The molecule has 4 rings (SSSR count). The lowest BCUT2D eigenvalue weighted by Crippen LogP contribution is -2.49. The summed E-state index contributed by atoms with van der Waals surface area (Å²) < 4.78 is 28.7. The smallest absolute Gasteiger partial charge is 0.286 e. The summed E-state index contributed by atoms with van der Waals surface area (Å²) in [6, 6.07) is 16.9. The van der Waals surface area contributed by atoms with Crippen LogP contribution in [-0.4, -0.2) is 51.2 Å². The fourth-order valence-electron chi connectivity index (χ4n) is 3.94. The molecule has 0 aliphatic carbocycles. The predicted octanol–water partition coefficient (Wildman–Crippen LogP) is 2.96. The molecule has 2 aromatic carbocycles. The van der Waals surface area contributed by atoms with Gasteiger partial charge in [-0.3, -0.25) is 4.79 Å². The van der Waals surface area contributed by atoms with E-state index in [-0.39, 0.29) is 16.7 Å². The maximum atomic E-state index is 12.7. The van der Waals surface area contributed by atoms with Crippen LogP contribution in [0.25, 0.3) is 0 Å². The number of para-hydroxylation sites is 2. The molecule has 1 atom stereocenters. The highest BCUT2D eigenvalue weighted by Crippen LogP contribution is 2.28. The van der Waals surface area contributed by atoms with Crippen molar-refractivity contribution in [2.45, 2.75) is 24.7 Å². The van der Waals surface area contributed by atoms with Gasteiger partial charge in [-0.25, -0.2) is 0 Å². The summed E-state index contributed by atoms with van der Waals surface area (Å²) in [6.45, 7) is 4.97. The van der Waals surface area contributed by atoms with Crippen LogP contribution in [0, 0.1) is 5.92 Å². The third-order valence-corrected chi connectivity index (χ3v) is 6.87. The minimum atomic E-state index is -3.69. The average molecular weight is 427 g/mol. The second-order valence-corrected chi connectivity index (χ2v) is 9.42. The molecule has 7 nitrogen and oxygen atoms in total. The van der Waals surface area contributed by atoms with Gasteiger partial charge in [0.15, 0.2) is 0 Å². The molecule has 30 heavy (non-hydrogen) atoms. The first-order chi connectivity index (χ1) is 14.4. The van der Waals surface area contributed by atoms with E-state index in [1.807, 2.05) is 30.0 Å². The Hall–Kier alpha value is -2.87. The number of fused-ring (bicyclic) bond motifs is 1. The number of amides is 1. The molecule has 0 radical (unpaired) electrons. The molecule has 8 heteroatoms. The third-order valence-electron chi connectivity index (χ3n) is 5.49. The van der Waals surface area contributed by atoms with Gasteiger partial charge >= 0.3 is 0 Å². The molecule has 0 spiro atoms. The van der Waals surface area contributed by atoms with Gasteiger partial charge in [-0.15, -0.1) is 4.40 Å². The Morgan fingerprint density at radius 1 is 1.03 bits per heavy atom. The number of hydrogen-bond acceptors (Lipinski definition) is 5. The number of anilines is 2. The lowest BCUT2D eigenvalue weighted by molar-refractivity contribution is -0.132. The van der Waals surface area contributed by atoms with Gasteiger partial charge in [0.1, 0.15) is 10.7 Å². The van der Waals surface area contributed by atoms with E-state index in [1.165, 1.54) is 5.69 Å². The summed E-state index contributed by atoms with van der Waals surface area (Å²) in [4.78, 5) is 17.1. The van der Waals surface area contributed by atoms with Crippen molar-refractivity contribution < 1.29 is 13.2 Å². The van der Waals surface area contributed by atoms with Crippen molar-refractivity contribution in [2.75, 3.05) is 36.4 Å². The number of nitrogens with zero attached hydrogens (tertiary/aromatic N) is 3. The fraction of sp³-hybridized carbons (Fsp3) is 0.364. The van der Waals surface area contributed by atoms with Crippen molar-refractivity contribution in [2.24, 2.45) is 10.3 Å². The molecule has 158 valence electrons. The van der Waals surface area contributed by atoms with E-state index in [2.05, 4.69) is 26.7 Å². The lowest BCUT2D eigenvalue weighted by atomic mass is 10.0. The van der Waals surface area contributed by atoms with E-state index < -0.39 is 10.0 Å². The summed E-state index contributed by atoms with van der Waals surface area (Å²) in [5.41, 5.74) is 1.72. The Morgan fingerprint density at radius 3 is 2.43 bits per heavy atom. The van der Waals surface area contributed by atoms with Crippen LogP contribution in [0.3, 0.4) is 0 Å². The fourth-order valence-corrected chi connectivity index (χ4v) is 5.09. The van der Waals surface area contributed by atoms with Crippen molar-refractivity contribution in [3.63, 3.8) is 0 Å². The Kier molecular flexibility index (Phi) is 5.76. The van der Waals surface area contributed by atoms with Gasteiger partial charge in [0, 0.05) is 44.7 Å². The monoisotopic (exact) mass is 426 g/mol. The van der Waals surface area contributed by atoms with Gasteiger partial charge in [0.05, 0.1) is 5.69 Å². The first kappa shape index (κ1) is 20.4. The molecule has 0 saturated carbocycles. The average Bonchev–Trinajstić information content (AvgIpc) is 2.74. The summed E-state index contributed by atoms with van der Waals surface area (Å²) in [6.07, 6.45) is 0.775. The van der Waals surface area contributed by atoms with Gasteiger partial charge in [-0.05, 0) is 30.2 Å². The van der Waals surface area contributed by atoms with Crippen LogP contribution >= 0.6 is 0 Å². The number of sulfonamides is 1. The number of hydrogen-bond donors (Lipinski definition) is 1. The molecule has 1 amide bonds. The molecule has 1 saturated heterocycles. The Balaban J connectivity index is 1.31. The largest absolute Gasteiger partial charge is 0.368 e. The van der Waals surface area contributed by atoms with Crippen molar-refractivity contribution in [1.29, 1.82) is 0 Å². The summed E-state index contributed by atoms with van der Waals surface area (Å²) in [5, 5.41) is 3.10.